The first-order chi connectivity index (χ1) is 4.79. The summed E-state index contributed by atoms with van der Waals surface area (Å²) < 4.78 is 2.06. The van der Waals surface area contributed by atoms with Crippen LogP contribution in [0.1, 0.15) is 18.3 Å². The Hall–Kier alpha value is -0.830. The summed E-state index contributed by atoms with van der Waals surface area (Å²) in [5.74, 6) is 0. The number of imidazole rings is 1. The fraction of sp³-hybridized carbons (Fsp3) is 0.571. The summed E-state index contributed by atoms with van der Waals surface area (Å²) in [6, 6.07) is 0. The van der Waals surface area contributed by atoms with Crippen LogP contribution in [0, 0.1) is 6.92 Å². The lowest BCUT2D eigenvalue weighted by Crippen LogP contribution is -2.06. The molecule has 0 aliphatic rings. The van der Waals surface area contributed by atoms with Crippen LogP contribution in [0.5, 0.6) is 0 Å². The predicted molar refractivity (Wildman–Crippen MR) is 40.5 cm³/mol. The van der Waals surface area contributed by atoms with Gasteiger partial charge in [-0.1, -0.05) is 0 Å². The third-order valence-corrected chi connectivity index (χ3v) is 1.69. The van der Waals surface area contributed by atoms with Gasteiger partial charge in [0.2, 0.25) is 0 Å². The fourth-order valence-corrected chi connectivity index (χ4v) is 1.05. The van der Waals surface area contributed by atoms with Gasteiger partial charge in [0.25, 0.3) is 0 Å². The molecule has 3 heteroatoms. The SMILES string of the molecule is CCn1cnc(C)c1CN. The fourth-order valence-electron chi connectivity index (χ4n) is 1.05. The van der Waals surface area contributed by atoms with E-state index >= 15 is 0 Å². The highest BCUT2D eigenvalue weighted by Crippen LogP contribution is 2.03. The van der Waals surface area contributed by atoms with Gasteiger partial charge in [-0.2, -0.15) is 0 Å². The summed E-state index contributed by atoms with van der Waals surface area (Å²) in [7, 11) is 0. The molecular weight excluding hydrogens is 126 g/mol. The molecule has 0 aliphatic heterocycles. The molecule has 0 atom stereocenters. The maximum atomic E-state index is 5.51. The smallest absolute Gasteiger partial charge is 0.0951 e. The Bertz CT molecular complexity index is 215. The van der Waals surface area contributed by atoms with Gasteiger partial charge in [-0.15, -0.1) is 0 Å². The minimum absolute atomic E-state index is 0.583. The molecule has 0 fully saturated rings. The number of rotatable bonds is 2. The van der Waals surface area contributed by atoms with Crippen molar-refractivity contribution in [2.45, 2.75) is 26.9 Å². The van der Waals surface area contributed by atoms with E-state index in [1.807, 2.05) is 13.3 Å². The Morgan fingerprint density at radius 1 is 1.70 bits per heavy atom. The molecule has 0 saturated heterocycles. The van der Waals surface area contributed by atoms with E-state index in [2.05, 4.69) is 16.5 Å². The summed E-state index contributed by atoms with van der Waals surface area (Å²) in [6.45, 7) is 5.60. The van der Waals surface area contributed by atoms with Crippen LogP contribution in [0.2, 0.25) is 0 Å². The maximum absolute atomic E-state index is 5.51. The standard InChI is InChI=1S/C7H13N3/c1-3-10-5-9-6(2)7(10)4-8/h5H,3-4,8H2,1-2H3. The van der Waals surface area contributed by atoms with Crippen LogP contribution in [0.3, 0.4) is 0 Å². The summed E-state index contributed by atoms with van der Waals surface area (Å²) in [5, 5.41) is 0. The maximum Gasteiger partial charge on any atom is 0.0951 e. The first kappa shape index (κ1) is 7.28. The molecule has 0 aromatic carbocycles. The lowest BCUT2D eigenvalue weighted by atomic mass is 10.3. The van der Waals surface area contributed by atoms with Gasteiger partial charge >= 0.3 is 0 Å². The third-order valence-electron chi connectivity index (χ3n) is 1.69. The summed E-state index contributed by atoms with van der Waals surface area (Å²) in [4.78, 5) is 4.14. The van der Waals surface area contributed by atoms with Gasteiger partial charge in [-0.05, 0) is 13.8 Å². The van der Waals surface area contributed by atoms with E-state index in [0.717, 1.165) is 17.9 Å². The van der Waals surface area contributed by atoms with Gasteiger partial charge in [0.1, 0.15) is 0 Å². The molecule has 3 nitrogen and oxygen atoms in total. The van der Waals surface area contributed by atoms with Crippen molar-refractivity contribution in [2.24, 2.45) is 5.73 Å². The minimum atomic E-state index is 0.583. The van der Waals surface area contributed by atoms with Crippen LogP contribution in [-0.2, 0) is 13.1 Å². The average molecular weight is 139 g/mol. The average Bonchev–Trinajstić information content (AvgIpc) is 2.30. The molecule has 0 saturated carbocycles. The molecule has 0 aliphatic carbocycles. The normalized spacial score (nSPS) is 10.3. The quantitative estimate of drug-likeness (QED) is 0.654. The van der Waals surface area contributed by atoms with E-state index in [4.69, 9.17) is 5.73 Å². The Morgan fingerprint density at radius 2 is 2.40 bits per heavy atom. The van der Waals surface area contributed by atoms with Gasteiger partial charge in [-0.25, -0.2) is 4.98 Å². The number of aromatic nitrogens is 2. The Labute approximate surface area is 60.9 Å². The molecule has 0 spiro atoms. The molecular formula is C7H13N3. The molecule has 1 rings (SSSR count). The number of nitrogens with two attached hydrogens (primary N) is 1. The number of aryl methyl sites for hydroxylation is 2. The second-order valence-corrected chi connectivity index (χ2v) is 2.27. The molecule has 2 N–H and O–H groups in total. The number of hydrogen-bond donors (Lipinski definition) is 1. The summed E-state index contributed by atoms with van der Waals surface area (Å²) in [6.07, 6.45) is 1.83. The molecule has 1 heterocycles. The molecule has 10 heavy (non-hydrogen) atoms. The summed E-state index contributed by atoms with van der Waals surface area (Å²) >= 11 is 0. The van der Waals surface area contributed by atoms with E-state index in [-0.39, 0.29) is 0 Å². The van der Waals surface area contributed by atoms with Crippen LogP contribution in [0.15, 0.2) is 6.33 Å². The Balaban J connectivity index is 3.01. The summed E-state index contributed by atoms with van der Waals surface area (Å²) in [5.41, 5.74) is 7.70. The topological polar surface area (TPSA) is 43.8 Å². The largest absolute Gasteiger partial charge is 0.333 e. The van der Waals surface area contributed by atoms with Crippen molar-refractivity contribution < 1.29 is 0 Å². The van der Waals surface area contributed by atoms with Crippen molar-refractivity contribution in [1.29, 1.82) is 0 Å². The highest BCUT2D eigenvalue weighted by Gasteiger charge is 2.01. The zero-order valence-electron chi connectivity index (χ0n) is 6.46. The highest BCUT2D eigenvalue weighted by molar-refractivity contribution is 5.10. The van der Waals surface area contributed by atoms with Crippen molar-refractivity contribution >= 4 is 0 Å². The molecule has 56 valence electrons. The molecule has 0 bridgehead atoms. The first-order valence-electron chi connectivity index (χ1n) is 3.50. The van der Waals surface area contributed by atoms with E-state index in [0.29, 0.717) is 6.54 Å². The zero-order chi connectivity index (χ0) is 7.56. The molecule has 0 radical (unpaired) electrons. The van der Waals surface area contributed by atoms with Crippen molar-refractivity contribution in [1.82, 2.24) is 9.55 Å². The highest BCUT2D eigenvalue weighted by atomic mass is 15.1. The number of hydrogen-bond acceptors (Lipinski definition) is 2. The molecule has 1 aromatic heterocycles. The minimum Gasteiger partial charge on any atom is -0.333 e. The van der Waals surface area contributed by atoms with Crippen molar-refractivity contribution in [3.63, 3.8) is 0 Å². The van der Waals surface area contributed by atoms with Gasteiger partial charge in [0.15, 0.2) is 0 Å². The second-order valence-electron chi connectivity index (χ2n) is 2.27. The van der Waals surface area contributed by atoms with Crippen LogP contribution >= 0.6 is 0 Å². The van der Waals surface area contributed by atoms with Gasteiger partial charge < -0.3 is 10.3 Å². The second kappa shape index (κ2) is 2.84. The zero-order valence-corrected chi connectivity index (χ0v) is 6.46. The van der Waals surface area contributed by atoms with E-state index in [1.54, 1.807) is 0 Å². The Morgan fingerprint density at radius 3 is 2.80 bits per heavy atom. The first-order valence-corrected chi connectivity index (χ1v) is 3.50. The van der Waals surface area contributed by atoms with Crippen LogP contribution in [0.25, 0.3) is 0 Å². The van der Waals surface area contributed by atoms with Gasteiger partial charge in [0, 0.05) is 13.1 Å². The van der Waals surface area contributed by atoms with Crippen LogP contribution in [0.4, 0.5) is 0 Å². The molecule has 0 unspecified atom stereocenters. The van der Waals surface area contributed by atoms with Gasteiger partial charge in [0.05, 0.1) is 17.7 Å². The lowest BCUT2D eigenvalue weighted by molar-refractivity contribution is 0.709. The van der Waals surface area contributed by atoms with Crippen molar-refractivity contribution in [3.8, 4) is 0 Å². The molecule has 1 aromatic rings. The van der Waals surface area contributed by atoms with E-state index < -0.39 is 0 Å². The third kappa shape index (κ3) is 1.04. The number of nitrogens with zero attached hydrogens (tertiary/aromatic N) is 2. The Kier molecular flexibility index (Phi) is 2.06. The van der Waals surface area contributed by atoms with Crippen molar-refractivity contribution in [2.75, 3.05) is 0 Å². The monoisotopic (exact) mass is 139 g/mol. The lowest BCUT2D eigenvalue weighted by Gasteiger charge is -2.01. The van der Waals surface area contributed by atoms with E-state index in [9.17, 15) is 0 Å². The predicted octanol–water partition coefficient (Wildman–Crippen LogP) is 0.670. The van der Waals surface area contributed by atoms with Crippen molar-refractivity contribution in [3.05, 3.63) is 17.7 Å². The van der Waals surface area contributed by atoms with E-state index in [1.165, 1.54) is 0 Å². The van der Waals surface area contributed by atoms with Gasteiger partial charge in [-0.3, -0.25) is 0 Å². The van der Waals surface area contributed by atoms with Crippen LogP contribution < -0.4 is 5.73 Å². The molecule has 0 amide bonds. The van der Waals surface area contributed by atoms with Crippen LogP contribution in [-0.4, -0.2) is 9.55 Å².